The molecule has 2 amide bonds. The summed E-state index contributed by atoms with van der Waals surface area (Å²) in [6, 6.07) is 10.8. The molecule has 0 saturated heterocycles. The highest BCUT2D eigenvalue weighted by molar-refractivity contribution is 7.98. The Bertz CT molecular complexity index is 1610. The summed E-state index contributed by atoms with van der Waals surface area (Å²) in [4.78, 5) is 49.8. The number of carboxylic acids is 1. The van der Waals surface area contributed by atoms with Crippen molar-refractivity contribution in [2.45, 2.75) is 51.8 Å². The zero-order chi connectivity index (χ0) is 28.8. The molecule has 4 rings (SSSR count). The van der Waals surface area contributed by atoms with Crippen molar-refractivity contribution in [3.63, 3.8) is 0 Å². The first kappa shape index (κ1) is 28.9. The molecule has 2 aromatic heterocycles. The lowest BCUT2D eigenvalue weighted by molar-refractivity contribution is -0.137. The molecule has 2 aromatic carbocycles. The quantitative estimate of drug-likeness (QED) is 0.170. The van der Waals surface area contributed by atoms with Gasteiger partial charge in [0.25, 0.3) is 0 Å². The fourth-order valence-electron chi connectivity index (χ4n) is 4.55. The molecular weight excluding hydrogens is 532 g/mol. The van der Waals surface area contributed by atoms with E-state index in [1.807, 2.05) is 50.2 Å². The Balaban J connectivity index is 1.51. The molecule has 0 aliphatic heterocycles. The molecule has 40 heavy (non-hydrogen) atoms. The van der Waals surface area contributed by atoms with Crippen LogP contribution in [0.15, 0.2) is 56.3 Å². The minimum absolute atomic E-state index is 0.0683. The second kappa shape index (κ2) is 12.9. The Hall–Kier alpha value is -4.05. The van der Waals surface area contributed by atoms with Crippen molar-refractivity contribution in [1.29, 1.82) is 0 Å². The van der Waals surface area contributed by atoms with Crippen LogP contribution in [0.1, 0.15) is 40.7 Å². The number of amides is 2. The van der Waals surface area contributed by atoms with Crippen LogP contribution < -0.4 is 16.3 Å². The summed E-state index contributed by atoms with van der Waals surface area (Å²) in [6.45, 7) is 5.72. The van der Waals surface area contributed by atoms with Crippen molar-refractivity contribution in [2.24, 2.45) is 0 Å². The number of furan rings is 1. The molecule has 0 saturated carbocycles. The highest BCUT2D eigenvalue weighted by atomic mass is 32.2. The first-order valence-electron chi connectivity index (χ1n) is 13.0. The van der Waals surface area contributed by atoms with E-state index in [9.17, 15) is 19.2 Å². The number of aliphatic carboxylic acids is 1. The normalized spacial score (nSPS) is 12.0. The van der Waals surface area contributed by atoms with E-state index < -0.39 is 29.5 Å². The summed E-state index contributed by atoms with van der Waals surface area (Å²) >= 11 is 1.49. The summed E-state index contributed by atoms with van der Waals surface area (Å²) in [6.07, 6.45) is 1.61. The van der Waals surface area contributed by atoms with E-state index in [4.69, 9.17) is 13.9 Å². The molecule has 210 valence electrons. The van der Waals surface area contributed by atoms with E-state index in [1.165, 1.54) is 11.8 Å². The SMILES string of the molecule is Cc1coc2c(C)c3oc(=O)c(CC(=O)N[C@H](CSCc4ccccc4)C(=O)NCCCC(=O)O)c(C)c3cc12. The van der Waals surface area contributed by atoms with Crippen LogP contribution in [0.4, 0.5) is 0 Å². The number of benzene rings is 2. The Kier molecular flexibility index (Phi) is 9.31. The second-order valence-electron chi connectivity index (χ2n) is 9.75. The third-order valence-electron chi connectivity index (χ3n) is 6.79. The van der Waals surface area contributed by atoms with E-state index in [0.717, 1.165) is 21.9 Å². The van der Waals surface area contributed by atoms with Gasteiger partial charge >= 0.3 is 11.6 Å². The molecule has 0 aliphatic rings. The van der Waals surface area contributed by atoms with Crippen LogP contribution in [0, 0.1) is 20.8 Å². The van der Waals surface area contributed by atoms with Crippen LogP contribution in [0.5, 0.6) is 0 Å². The predicted octanol–water partition coefficient (Wildman–Crippen LogP) is 4.41. The summed E-state index contributed by atoms with van der Waals surface area (Å²) in [5, 5.41) is 16.0. The van der Waals surface area contributed by atoms with Crippen LogP contribution >= 0.6 is 11.8 Å². The molecule has 2 heterocycles. The zero-order valence-corrected chi connectivity index (χ0v) is 23.5. The molecule has 0 unspecified atom stereocenters. The smallest absolute Gasteiger partial charge is 0.340 e. The maximum Gasteiger partial charge on any atom is 0.340 e. The van der Waals surface area contributed by atoms with Gasteiger partial charge in [0.1, 0.15) is 17.2 Å². The van der Waals surface area contributed by atoms with Crippen molar-refractivity contribution in [3.8, 4) is 0 Å². The minimum Gasteiger partial charge on any atom is -0.481 e. The van der Waals surface area contributed by atoms with Crippen LogP contribution in [0.3, 0.4) is 0 Å². The highest BCUT2D eigenvalue weighted by Crippen LogP contribution is 2.32. The molecule has 0 bridgehead atoms. The third kappa shape index (κ3) is 6.74. The molecule has 0 fully saturated rings. The topological polar surface area (TPSA) is 139 Å². The van der Waals surface area contributed by atoms with Crippen molar-refractivity contribution >= 4 is 51.5 Å². The molecule has 10 heteroatoms. The number of carbonyl (C=O) groups is 3. The summed E-state index contributed by atoms with van der Waals surface area (Å²) < 4.78 is 11.3. The van der Waals surface area contributed by atoms with Gasteiger partial charge in [-0.25, -0.2) is 4.79 Å². The van der Waals surface area contributed by atoms with Gasteiger partial charge in [-0.1, -0.05) is 30.3 Å². The fourth-order valence-corrected chi connectivity index (χ4v) is 5.57. The Morgan fingerprint density at radius 2 is 1.77 bits per heavy atom. The van der Waals surface area contributed by atoms with Gasteiger partial charge in [-0.05, 0) is 49.9 Å². The molecule has 4 aromatic rings. The fraction of sp³-hybridized carbons (Fsp3) is 0.333. The van der Waals surface area contributed by atoms with Gasteiger partial charge in [-0.2, -0.15) is 11.8 Å². The van der Waals surface area contributed by atoms with Gasteiger partial charge in [-0.15, -0.1) is 0 Å². The second-order valence-corrected chi connectivity index (χ2v) is 10.8. The average Bonchev–Trinajstić information content (AvgIpc) is 3.30. The zero-order valence-electron chi connectivity index (χ0n) is 22.7. The predicted molar refractivity (Wildman–Crippen MR) is 155 cm³/mol. The van der Waals surface area contributed by atoms with E-state index in [0.29, 0.717) is 33.8 Å². The van der Waals surface area contributed by atoms with Gasteiger partial charge in [0.15, 0.2) is 0 Å². The molecule has 0 radical (unpaired) electrons. The van der Waals surface area contributed by atoms with Crippen molar-refractivity contribution < 1.29 is 28.3 Å². The molecule has 3 N–H and O–H groups in total. The van der Waals surface area contributed by atoms with Crippen LogP contribution in [-0.4, -0.2) is 41.2 Å². The Labute approximate surface area is 235 Å². The number of carbonyl (C=O) groups excluding carboxylic acids is 2. The van der Waals surface area contributed by atoms with Crippen LogP contribution in [0.25, 0.3) is 21.9 Å². The third-order valence-corrected chi connectivity index (χ3v) is 7.89. The lowest BCUT2D eigenvalue weighted by Crippen LogP contribution is -2.49. The lowest BCUT2D eigenvalue weighted by atomic mass is 9.99. The maximum absolute atomic E-state index is 13.1. The first-order valence-corrected chi connectivity index (χ1v) is 14.2. The van der Waals surface area contributed by atoms with Gasteiger partial charge in [-0.3, -0.25) is 14.4 Å². The van der Waals surface area contributed by atoms with Crippen LogP contribution in [0.2, 0.25) is 0 Å². The number of hydrogen-bond acceptors (Lipinski definition) is 7. The Morgan fingerprint density at radius 3 is 2.50 bits per heavy atom. The average molecular weight is 565 g/mol. The van der Waals surface area contributed by atoms with Crippen LogP contribution in [-0.2, 0) is 26.6 Å². The number of nitrogens with one attached hydrogen (secondary N) is 2. The lowest BCUT2D eigenvalue weighted by Gasteiger charge is -2.19. The monoisotopic (exact) mass is 564 g/mol. The highest BCUT2D eigenvalue weighted by Gasteiger charge is 2.24. The van der Waals surface area contributed by atoms with Gasteiger partial charge < -0.3 is 24.6 Å². The van der Waals surface area contributed by atoms with Gasteiger partial charge in [0.05, 0.1) is 18.2 Å². The first-order chi connectivity index (χ1) is 19.2. The van der Waals surface area contributed by atoms with E-state index in [2.05, 4.69) is 10.6 Å². The maximum atomic E-state index is 13.1. The summed E-state index contributed by atoms with van der Waals surface area (Å²) in [5.74, 6) is -0.893. The molecule has 9 nitrogen and oxygen atoms in total. The molecule has 0 aliphatic carbocycles. The van der Waals surface area contributed by atoms with Gasteiger partial charge in [0.2, 0.25) is 11.8 Å². The standard InChI is InChI=1S/C30H32N2O7S/c1-17-14-38-27-19(3)28-22(12-21(17)27)18(2)23(30(37)39-28)13-25(33)32-24(29(36)31-11-7-10-26(34)35)16-40-15-20-8-5-4-6-9-20/h4-6,8-9,12,14,24H,7,10-11,13,15-16H2,1-3H3,(H,31,36)(H,32,33)(H,34,35)/t24-/m1/s1. The number of aryl methyl sites for hydroxylation is 3. The Morgan fingerprint density at radius 1 is 1.02 bits per heavy atom. The number of rotatable bonds is 12. The summed E-state index contributed by atoms with van der Waals surface area (Å²) in [5.41, 5.74) is 4.08. The largest absolute Gasteiger partial charge is 0.481 e. The number of hydrogen-bond donors (Lipinski definition) is 3. The van der Waals surface area contributed by atoms with Gasteiger partial charge in [0, 0.05) is 40.8 Å². The van der Waals surface area contributed by atoms with Crippen molar-refractivity contribution in [1.82, 2.24) is 10.6 Å². The number of thioether (sulfide) groups is 1. The number of fused-ring (bicyclic) bond motifs is 2. The van der Waals surface area contributed by atoms with Crippen molar-refractivity contribution in [2.75, 3.05) is 12.3 Å². The van der Waals surface area contributed by atoms with E-state index in [1.54, 1.807) is 13.2 Å². The molecule has 1 atom stereocenters. The molecule has 0 spiro atoms. The van der Waals surface area contributed by atoms with E-state index >= 15 is 0 Å². The summed E-state index contributed by atoms with van der Waals surface area (Å²) in [7, 11) is 0. The van der Waals surface area contributed by atoms with Crippen molar-refractivity contribution in [3.05, 3.63) is 80.9 Å². The number of carboxylic acid groups (broad SMARTS) is 1. The molecular formula is C30H32N2O7S. The minimum atomic E-state index is -0.944. The van der Waals surface area contributed by atoms with E-state index in [-0.39, 0.29) is 31.4 Å².